The first-order chi connectivity index (χ1) is 17.2. The highest BCUT2D eigenvalue weighted by Gasteiger charge is 2.79. The van der Waals surface area contributed by atoms with Gasteiger partial charge in [0.25, 0.3) is 0 Å². The predicted octanol–water partition coefficient (Wildman–Crippen LogP) is 5.54. The summed E-state index contributed by atoms with van der Waals surface area (Å²) < 4.78 is 70.9. The maximum absolute atomic E-state index is 15.0. The number of carbonyl (C=O) groups is 1. The van der Waals surface area contributed by atoms with Crippen LogP contribution in [0.2, 0.25) is 0 Å². The largest absolute Gasteiger partial charge is 0.456 e. The number of hydrogen-bond acceptors (Lipinski definition) is 4. The van der Waals surface area contributed by atoms with Crippen molar-refractivity contribution in [3.63, 3.8) is 0 Å². The second-order valence-electron chi connectivity index (χ2n) is 11.3. The molecule has 202 valence electrons. The van der Waals surface area contributed by atoms with Crippen molar-refractivity contribution in [1.82, 2.24) is 0 Å². The average Bonchev–Trinajstić information content (AvgIpc) is 3.13. The lowest BCUT2D eigenvalue weighted by atomic mass is 9.50. The Morgan fingerprint density at radius 3 is 2.35 bits per heavy atom. The zero-order valence-electron chi connectivity index (χ0n) is 20.5. The molecule has 3 N–H and O–H groups in total. The van der Waals surface area contributed by atoms with Crippen LogP contribution in [-0.4, -0.2) is 45.4 Å². The second kappa shape index (κ2) is 8.71. The van der Waals surface area contributed by atoms with E-state index in [0.29, 0.717) is 36.8 Å². The van der Waals surface area contributed by atoms with Crippen molar-refractivity contribution in [3.8, 4) is 0 Å². The Labute approximate surface area is 211 Å². The Hall–Kier alpha value is -2.10. The van der Waals surface area contributed by atoms with E-state index in [-0.39, 0.29) is 24.5 Å². The van der Waals surface area contributed by atoms with Crippen LogP contribution in [0, 0.1) is 17.3 Å². The quantitative estimate of drug-likeness (QED) is 0.451. The monoisotopic (exact) mass is 526 g/mol. The number of halogens is 5. The maximum atomic E-state index is 15.0. The van der Waals surface area contributed by atoms with Gasteiger partial charge in [0.1, 0.15) is 11.7 Å². The lowest BCUT2D eigenvalue weighted by Gasteiger charge is -2.56. The Kier molecular flexibility index (Phi) is 6.24. The number of fused-ring (bicyclic) bond motifs is 4. The lowest BCUT2D eigenvalue weighted by molar-refractivity contribution is -0.362. The Morgan fingerprint density at radius 1 is 1.05 bits per heavy atom. The van der Waals surface area contributed by atoms with E-state index in [0.717, 1.165) is 16.7 Å². The highest BCUT2D eigenvalue weighted by molar-refractivity contribution is 5.93. The van der Waals surface area contributed by atoms with Gasteiger partial charge in [0.15, 0.2) is 5.78 Å². The molecule has 2 fully saturated rings. The molecule has 1 aromatic rings. The third-order valence-electron chi connectivity index (χ3n) is 9.66. The zero-order valence-corrected chi connectivity index (χ0v) is 20.5. The highest BCUT2D eigenvalue weighted by atomic mass is 19.4. The van der Waals surface area contributed by atoms with E-state index in [4.69, 9.17) is 0 Å². The van der Waals surface area contributed by atoms with Gasteiger partial charge in [0.2, 0.25) is 0 Å². The van der Waals surface area contributed by atoms with Crippen LogP contribution in [0.1, 0.15) is 75.0 Å². The molecule has 0 heterocycles. The van der Waals surface area contributed by atoms with Gasteiger partial charge in [-0.1, -0.05) is 36.8 Å². The molecule has 0 saturated heterocycles. The number of alkyl halides is 5. The summed E-state index contributed by atoms with van der Waals surface area (Å²) in [7, 11) is 0. The van der Waals surface area contributed by atoms with E-state index < -0.39 is 54.1 Å². The van der Waals surface area contributed by atoms with Gasteiger partial charge >= 0.3 is 12.1 Å². The van der Waals surface area contributed by atoms with Crippen molar-refractivity contribution < 1.29 is 42.1 Å². The summed E-state index contributed by atoms with van der Waals surface area (Å²) in [4.78, 5) is 12.1. The lowest BCUT2D eigenvalue weighted by Crippen LogP contribution is -2.65. The molecule has 4 aliphatic carbocycles. The number of hydrogen-bond donors (Lipinski definition) is 3. The topological polar surface area (TPSA) is 77.8 Å². The van der Waals surface area contributed by atoms with Gasteiger partial charge < -0.3 is 15.3 Å². The van der Waals surface area contributed by atoms with Crippen LogP contribution in [0.25, 0.3) is 0 Å². The van der Waals surface area contributed by atoms with Crippen molar-refractivity contribution in [1.29, 1.82) is 0 Å². The molecule has 37 heavy (non-hydrogen) atoms. The summed E-state index contributed by atoms with van der Waals surface area (Å²) in [6, 6.07) is 6.63. The first kappa shape index (κ1) is 26.5. The molecule has 0 bridgehead atoms. The van der Waals surface area contributed by atoms with Gasteiger partial charge in [-0.2, -0.15) is 22.0 Å². The number of allylic oxidation sites excluding steroid dienone is 4. The fourth-order valence-corrected chi connectivity index (χ4v) is 7.77. The molecule has 6 atom stereocenters. The van der Waals surface area contributed by atoms with E-state index in [9.17, 15) is 42.1 Å². The Morgan fingerprint density at radius 2 is 1.73 bits per heavy atom. The summed E-state index contributed by atoms with van der Waals surface area (Å²) in [6.07, 6.45) is -4.15. The fraction of sp³-hybridized carbons (Fsp3) is 0.607. The molecule has 0 unspecified atom stereocenters. The first-order valence-electron chi connectivity index (χ1n) is 12.8. The third-order valence-corrected chi connectivity index (χ3v) is 9.66. The number of rotatable bonds is 4. The predicted molar refractivity (Wildman–Crippen MR) is 125 cm³/mol. The zero-order chi connectivity index (χ0) is 27.0. The van der Waals surface area contributed by atoms with Crippen LogP contribution in [0.15, 0.2) is 47.1 Å². The van der Waals surface area contributed by atoms with Gasteiger partial charge in [-0.3, -0.25) is 4.79 Å². The van der Waals surface area contributed by atoms with Crippen molar-refractivity contribution in [2.24, 2.45) is 17.3 Å². The van der Waals surface area contributed by atoms with E-state index >= 15 is 0 Å². The molecule has 4 aliphatic rings. The number of benzene rings is 1. The molecule has 0 aliphatic heterocycles. The normalized spacial score (nSPS) is 35.0. The van der Waals surface area contributed by atoms with E-state index in [1.807, 2.05) is 0 Å². The SMILES string of the molecule is C[C@]12C[C@H](c3ccc([C@@H](O)CO)cc3)C3=C4CCC(=O)C=C4CC[C@H]3[C@@H]1CC[C@@]2(O)C(F)(F)C(F)(F)F. The fourth-order valence-electron chi connectivity index (χ4n) is 7.77. The summed E-state index contributed by atoms with van der Waals surface area (Å²) >= 11 is 0. The molecule has 9 heteroatoms. The van der Waals surface area contributed by atoms with Crippen molar-refractivity contribution in [2.75, 3.05) is 6.61 Å². The van der Waals surface area contributed by atoms with Crippen molar-refractivity contribution in [3.05, 3.63) is 58.2 Å². The molecular formula is C28H31F5O4. The van der Waals surface area contributed by atoms with E-state index in [1.54, 1.807) is 30.3 Å². The molecule has 0 radical (unpaired) electrons. The Bertz CT molecular complexity index is 1150. The average molecular weight is 527 g/mol. The summed E-state index contributed by atoms with van der Waals surface area (Å²) in [6.45, 7) is 0.903. The van der Waals surface area contributed by atoms with E-state index in [1.165, 1.54) is 6.92 Å². The number of aliphatic hydroxyl groups is 3. The molecule has 1 aromatic carbocycles. The van der Waals surface area contributed by atoms with Gasteiger partial charge in [-0.25, -0.2) is 0 Å². The molecule has 2 saturated carbocycles. The van der Waals surface area contributed by atoms with Crippen LogP contribution in [0.4, 0.5) is 22.0 Å². The number of ketones is 1. The summed E-state index contributed by atoms with van der Waals surface area (Å²) in [5.74, 6) is -6.63. The van der Waals surface area contributed by atoms with Crippen LogP contribution >= 0.6 is 0 Å². The molecule has 0 aromatic heterocycles. The molecule has 0 spiro atoms. The summed E-state index contributed by atoms with van der Waals surface area (Å²) in [5, 5.41) is 30.5. The Balaban J connectivity index is 1.67. The first-order valence-corrected chi connectivity index (χ1v) is 12.8. The van der Waals surface area contributed by atoms with Crippen molar-refractivity contribution in [2.45, 2.75) is 81.6 Å². The second-order valence-corrected chi connectivity index (χ2v) is 11.3. The van der Waals surface area contributed by atoms with E-state index in [2.05, 4.69) is 0 Å². The molecule has 5 rings (SSSR count). The molecule has 0 amide bonds. The van der Waals surface area contributed by atoms with Crippen LogP contribution in [-0.2, 0) is 4.79 Å². The maximum Gasteiger partial charge on any atom is 0.456 e. The van der Waals surface area contributed by atoms with Gasteiger partial charge in [0.05, 0.1) is 6.61 Å². The summed E-state index contributed by atoms with van der Waals surface area (Å²) in [5.41, 5.74) is -0.915. The third kappa shape index (κ3) is 3.75. The standard InChI is InChI=1S/C28H31F5O4/c1-25-13-21(15-2-4-16(5-3-15)23(36)14-34)24-19-9-7-18(35)12-17(19)6-8-20(24)22(25)10-11-26(25,37)27(29,30)28(31,32)33/h2-5,12,20-23,34,36-37H,6-11,13-14H2,1H3/t20-,21+,22-,23-,25-,26-/m0/s1. The van der Waals surface area contributed by atoms with Crippen LogP contribution < -0.4 is 0 Å². The number of carbonyl (C=O) groups excluding carboxylic acids is 1. The van der Waals surface area contributed by atoms with Gasteiger partial charge in [0, 0.05) is 17.8 Å². The minimum atomic E-state index is -5.89. The van der Waals surface area contributed by atoms with Gasteiger partial charge in [-0.15, -0.1) is 0 Å². The molecule has 4 nitrogen and oxygen atoms in total. The number of aliphatic hydroxyl groups excluding tert-OH is 2. The minimum Gasteiger partial charge on any atom is -0.393 e. The smallest absolute Gasteiger partial charge is 0.393 e. The minimum absolute atomic E-state index is 0.0254. The highest BCUT2D eigenvalue weighted by Crippen LogP contribution is 2.70. The van der Waals surface area contributed by atoms with Crippen LogP contribution in [0.5, 0.6) is 0 Å². The van der Waals surface area contributed by atoms with Crippen LogP contribution in [0.3, 0.4) is 0 Å². The molecular weight excluding hydrogens is 495 g/mol. The van der Waals surface area contributed by atoms with Crippen molar-refractivity contribution >= 4 is 5.78 Å². The van der Waals surface area contributed by atoms with Gasteiger partial charge in [-0.05, 0) is 78.7 Å².